The molecule has 5 heteroatoms. The largest absolute Gasteiger partial charge is 0.381 e. The average molecular weight is 311 g/mol. The number of nitrogens with zero attached hydrogens (tertiary/aromatic N) is 1. The number of methoxy groups -OCH3 is 1. The Morgan fingerprint density at radius 3 is 2.24 bits per heavy atom. The summed E-state index contributed by atoms with van der Waals surface area (Å²) in [4.78, 5) is 0.438. The minimum absolute atomic E-state index is 0.175. The molecule has 0 unspecified atom stereocenters. The van der Waals surface area contributed by atoms with E-state index in [1.165, 1.54) is 0 Å². The van der Waals surface area contributed by atoms with Gasteiger partial charge in [-0.05, 0) is 29.9 Å². The third-order valence-electron chi connectivity index (χ3n) is 4.05. The number of sulfonamides is 1. The molecule has 0 bridgehead atoms. The lowest BCUT2D eigenvalue weighted by Gasteiger charge is -2.32. The van der Waals surface area contributed by atoms with E-state index in [0.29, 0.717) is 18.0 Å². The van der Waals surface area contributed by atoms with Crippen molar-refractivity contribution < 1.29 is 13.2 Å². The number of rotatable bonds is 3. The fourth-order valence-corrected chi connectivity index (χ4v) is 4.63. The van der Waals surface area contributed by atoms with Crippen LogP contribution < -0.4 is 0 Å². The first-order chi connectivity index (χ1) is 9.76. The van der Waals surface area contributed by atoms with Crippen LogP contribution in [0, 0.1) is 0 Å². The molecule has 0 aromatic heterocycles. The highest BCUT2D eigenvalue weighted by Gasteiger charge is 2.32. The highest BCUT2D eigenvalue weighted by Crippen LogP contribution is 2.31. The summed E-state index contributed by atoms with van der Waals surface area (Å²) >= 11 is 0. The van der Waals surface area contributed by atoms with E-state index in [1.54, 1.807) is 23.5 Å². The molecule has 21 heavy (non-hydrogen) atoms. The first-order valence-electron chi connectivity index (χ1n) is 7.39. The van der Waals surface area contributed by atoms with E-state index in [4.69, 9.17) is 4.74 Å². The summed E-state index contributed by atoms with van der Waals surface area (Å²) in [6.07, 6.45) is 1.69. The van der Waals surface area contributed by atoms with Crippen molar-refractivity contribution in [3.63, 3.8) is 0 Å². The Hall–Kier alpha value is -0.910. The van der Waals surface area contributed by atoms with Crippen LogP contribution in [-0.4, -0.2) is 39.0 Å². The quantitative estimate of drug-likeness (QED) is 0.862. The minimum atomic E-state index is -3.43. The fraction of sp³-hybridized carbons (Fsp3) is 0.625. The third kappa shape index (κ3) is 3.47. The molecule has 1 aromatic carbocycles. The highest BCUT2D eigenvalue weighted by molar-refractivity contribution is 7.89. The Morgan fingerprint density at radius 1 is 1.14 bits per heavy atom. The van der Waals surface area contributed by atoms with Crippen LogP contribution >= 0.6 is 0 Å². The maximum Gasteiger partial charge on any atom is 0.243 e. The van der Waals surface area contributed by atoms with Gasteiger partial charge < -0.3 is 4.74 Å². The molecule has 0 amide bonds. The Balaban J connectivity index is 2.33. The van der Waals surface area contributed by atoms with Crippen LogP contribution in [0.25, 0.3) is 0 Å². The van der Waals surface area contributed by atoms with Crippen LogP contribution in [0.2, 0.25) is 0 Å². The molecule has 0 aliphatic carbocycles. The number of ether oxygens (including phenoxy) is 1. The molecular weight excluding hydrogens is 286 g/mol. The van der Waals surface area contributed by atoms with E-state index in [9.17, 15) is 8.42 Å². The average Bonchev–Trinajstić information content (AvgIpc) is 2.46. The Kier molecular flexibility index (Phi) is 4.76. The van der Waals surface area contributed by atoms with Crippen molar-refractivity contribution in [3.05, 3.63) is 29.8 Å². The van der Waals surface area contributed by atoms with Crippen LogP contribution in [0.1, 0.15) is 39.2 Å². The molecule has 1 aliphatic rings. The molecular formula is C16H25NO3S. The zero-order valence-electron chi connectivity index (χ0n) is 13.3. The van der Waals surface area contributed by atoms with Gasteiger partial charge in [-0.3, -0.25) is 0 Å². The van der Waals surface area contributed by atoms with Gasteiger partial charge in [-0.25, -0.2) is 8.42 Å². The molecule has 118 valence electrons. The summed E-state index contributed by atoms with van der Waals surface area (Å²) in [5.41, 5.74) is 0.674. The van der Waals surface area contributed by atoms with Gasteiger partial charge in [0, 0.05) is 20.2 Å². The van der Waals surface area contributed by atoms with E-state index in [1.807, 2.05) is 32.9 Å². The molecule has 1 aliphatic heterocycles. The van der Waals surface area contributed by atoms with Crippen molar-refractivity contribution >= 4 is 10.0 Å². The third-order valence-corrected chi connectivity index (χ3v) is 6.00. The second-order valence-corrected chi connectivity index (χ2v) is 8.49. The molecule has 0 radical (unpaired) electrons. The van der Waals surface area contributed by atoms with Crippen molar-refractivity contribution in [2.45, 2.75) is 50.0 Å². The van der Waals surface area contributed by atoms with Gasteiger partial charge in [-0.1, -0.05) is 39.0 Å². The number of benzene rings is 1. The van der Waals surface area contributed by atoms with Crippen molar-refractivity contribution in [2.24, 2.45) is 0 Å². The summed E-state index contributed by atoms with van der Waals surface area (Å²) in [7, 11) is -1.75. The number of piperidine rings is 1. The van der Waals surface area contributed by atoms with Crippen molar-refractivity contribution in [1.29, 1.82) is 0 Å². The molecule has 2 rings (SSSR count). The molecule has 0 atom stereocenters. The summed E-state index contributed by atoms with van der Waals surface area (Å²) < 4.78 is 32.8. The SMILES string of the molecule is COC1CCN(S(=O)(=O)c2ccccc2C(C)(C)C)CC1. The molecule has 1 aromatic rings. The maximum absolute atomic E-state index is 12.9. The van der Waals surface area contributed by atoms with Crippen LogP contribution in [0.5, 0.6) is 0 Å². The molecule has 0 saturated carbocycles. The summed E-state index contributed by atoms with van der Waals surface area (Å²) in [5.74, 6) is 0. The lowest BCUT2D eigenvalue weighted by atomic mass is 9.87. The molecule has 1 saturated heterocycles. The van der Waals surface area contributed by atoms with Gasteiger partial charge in [0.25, 0.3) is 0 Å². The van der Waals surface area contributed by atoms with Gasteiger partial charge in [-0.15, -0.1) is 0 Å². The first-order valence-corrected chi connectivity index (χ1v) is 8.83. The van der Waals surface area contributed by atoms with Gasteiger partial charge in [0.15, 0.2) is 0 Å². The van der Waals surface area contributed by atoms with E-state index in [-0.39, 0.29) is 11.5 Å². The predicted molar refractivity (Wildman–Crippen MR) is 83.9 cm³/mol. The molecule has 1 heterocycles. The zero-order valence-corrected chi connectivity index (χ0v) is 14.1. The maximum atomic E-state index is 12.9. The van der Waals surface area contributed by atoms with E-state index < -0.39 is 10.0 Å². The van der Waals surface area contributed by atoms with Crippen LogP contribution in [0.3, 0.4) is 0 Å². The minimum Gasteiger partial charge on any atom is -0.381 e. The first kappa shape index (κ1) is 16.5. The van der Waals surface area contributed by atoms with Gasteiger partial charge >= 0.3 is 0 Å². The standard InChI is InChI=1S/C16H25NO3S/c1-16(2,3)14-7-5-6-8-15(14)21(18,19)17-11-9-13(20-4)10-12-17/h5-8,13H,9-12H2,1-4H3. The van der Waals surface area contributed by atoms with Crippen LogP contribution in [0.15, 0.2) is 29.2 Å². The van der Waals surface area contributed by atoms with Crippen LogP contribution in [-0.2, 0) is 20.2 Å². The monoisotopic (exact) mass is 311 g/mol. The lowest BCUT2D eigenvalue weighted by Crippen LogP contribution is -2.41. The van der Waals surface area contributed by atoms with Crippen molar-refractivity contribution in [1.82, 2.24) is 4.31 Å². The number of hydrogen-bond acceptors (Lipinski definition) is 3. The van der Waals surface area contributed by atoms with Gasteiger partial charge in [0.05, 0.1) is 11.0 Å². The predicted octanol–water partition coefficient (Wildman–Crippen LogP) is 2.78. The highest BCUT2D eigenvalue weighted by atomic mass is 32.2. The summed E-state index contributed by atoms with van der Waals surface area (Å²) in [5, 5.41) is 0. The van der Waals surface area contributed by atoms with Gasteiger partial charge in [-0.2, -0.15) is 4.31 Å². The normalized spacial score (nSPS) is 18.9. The topological polar surface area (TPSA) is 46.6 Å². The number of hydrogen-bond donors (Lipinski definition) is 0. The Bertz CT molecular complexity index is 582. The molecule has 1 fully saturated rings. The van der Waals surface area contributed by atoms with E-state index in [2.05, 4.69) is 0 Å². The Morgan fingerprint density at radius 2 is 1.71 bits per heavy atom. The van der Waals surface area contributed by atoms with Crippen LogP contribution in [0.4, 0.5) is 0 Å². The second kappa shape index (κ2) is 6.07. The molecule has 0 spiro atoms. The van der Waals surface area contributed by atoms with Gasteiger partial charge in [0.1, 0.15) is 0 Å². The van der Waals surface area contributed by atoms with Crippen molar-refractivity contribution in [2.75, 3.05) is 20.2 Å². The molecule has 4 nitrogen and oxygen atoms in total. The smallest absolute Gasteiger partial charge is 0.243 e. The van der Waals surface area contributed by atoms with Gasteiger partial charge in [0.2, 0.25) is 10.0 Å². The van der Waals surface area contributed by atoms with Crippen molar-refractivity contribution in [3.8, 4) is 0 Å². The van der Waals surface area contributed by atoms with E-state index >= 15 is 0 Å². The fourth-order valence-electron chi connectivity index (χ4n) is 2.76. The lowest BCUT2D eigenvalue weighted by molar-refractivity contribution is 0.0604. The van der Waals surface area contributed by atoms with E-state index in [0.717, 1.165) is 18.4 Å². The zero-order chi connectivity index (χ0) is 15.7. The summed E-state index contributed by atoms with van der Waals surface area (Å²) in [6, 6.07) is 7.33. The summed E-state index contributed by atoms with van der Waals surface area (Å²) in [6.45, 7) is 7.17. The second-order valence-electron chi connectivity index (χ2n) is 6.59. The molecule has 0 N–H and O–H groups in total. The Labute approximate surface area is 128 Å².